The third-order valence-electron chi connectivity index (χ3n) is 3.55. The highest BCUT2D eigenvalue weighted by Crippen LogP contribution is 2.20. The molecule has 0 bridgehead atoms. The second-order valence-electron chi connectivity index (χ2n) is 5.78. The van der Waals surface area contributed by atoms with Gasteiger partial charge in [0.25, 0.3) is 5.91 Å². The van der Waals surface area contributed by atoms with E-state index in [2.05, 4.69) is 10.6 Å². The van der Waals surface area contributed by atoms with Crippen LogP contribution in [0.3, 0.4) is 0 Å². The molecule has 0 radical (unpaired) electrons. The van der Waals surface area contributed by atoms with Gasteiger partial charge >= 0.3 is 5.97 Å². The molecule has 124 valence electrons. The Morgan fingerprint density at radius 2 is 1.87 bits per heavy atom. The molecule has 2 N–H and O–H groups in total. The molecule has 0 spiro atoms. The van der Waals surface area contributed by atoms with Crippen LogP contribution in [0.1, 0.15) is 44.7 Å². The van der Waals surface area contributed by atoms with Crippen molar-refractivity contribution >= 4 is 17.8 Å². The van der Waals surface area contributed by atoms with Crippen molar-refractivity contribution in [1.29, 1.82) is 0 Å². The van der Waals surface area contributed by atoms with Gasteiger partial charge in [-0.1, -0.05) is 30.3 Å². The lowest BCUT2D eigenvalue weighted by atomic mass is 10.0. The SMILES string of the molecule is CC(=O)N[C@H](CC(=O)O[C@@H](C)C(=O)NC1CC1)c1ccccc1. The van der Waals surface area contributed by atoms with E-state index in [4.69, 9.17) is 4.74 Å². The molecule has 0 saturated heterocycles. The fourth-order valence-corrected chi connectivity index (χ4v) is 2.19. The minimum atomic E-state index is -0.836. The van der Waals surface area contributed by atoms with Gasteiger partial charge in [-0.2, -0.15) is 0 Å². The van der Waals surface area contributed by atoms with Crippen LogP contribution in [-0.2, 0) is 19.1 Å². The van der Waals surface area contributed by atoms with E-state index in [1.807, 2.05) is 30.3 Å². The molecule has 6 nitrogen and oxygen atoms in total. The summed E-state index contributed by atoms with van der Waals surface area (Å²) in [6.45, 7) is 2.94. The van der Waals surface area contributed by atoms with Crippen molar-refractivity contribution < 1.29 is 19.1 Å². The van der Waals surface area contributed by atoms with Crippen molar-refractivity contribution in [3.8, 4) is 0 Å². The van der Waals surface area contributed by atoms with E-state index >= 15 is 0 Å². The maximum atomic E-state index is 12.1. The molecule has 1 saturated carbocycles. The molecule has 2 amide bonds. The van der Waals surface area contributed by atoms with E-state index in [9.17, 15) is 14.4 Å². The van der Waals surface area contributed by atoms with Gasteiger partial charge in [0.1, 0.15) is 0 Å². The highest BCUT2D eigenvalue weighted by molar-refractivity contribution is 5.84. The zero-order valence-corrected chi connectivity index (χ0v) is 13.4. The summed E-state index contributed by atoms with van der Waals surface area (Å²) in [7, 11) is 0. The molecular weight excluding hydrogens is 296 g/mol. The van der Waals surface area contributed by atoms with Crippen molar-refractivity contribution in [2.45, 2.75) is 51.3 Å². The topological polar surface area (TPSA) is 84.5 Å². The highest BCUT2D eigenvalue weighted by Gasteiger charge is 2.28. The second-order valence-corrected chi connectivity index (χ2v) is 5.78. The third kappa shape index (κ3) is 5.73. The summed E-state index contributed by atoms with van der Waals surface area (Å²) >= 11 is 0. The van der Waals surface area contributed by atoms with Gasteiger partial charge in [0, 0.05) is 13.0 Å². The maximum Gasteiger partial charge on any atom is 0.309 e. The molecule has 1 fully saturated rings. The first-order valence-electron chi connectivity index (χ1n) is 7.77. The molecule has 2 rings (SSSR count). The van der Waals surface area contributed by atoms with Crippen molar-refractivity contribution in [3.05, 3.63) is 35.9 Å². The van der Waals surface area contributed by atoms with E-state index in [1.54, 1.807) is 6.92 Å². The zero-order chi connectivity index (χ0) is 16.8. The quantitative estimate of drug-likeness (QED) is 0.746. The molecule has 23 heavy (non-hydrogen) atoms. The Labute approximate surface area is 135 Å². The first-order valence-corrected chi connectivity index (χ1v) is 7.77. The van der Waals surface area contributed by atoms with Crippen LogP contribution in [0.4, 0.5) is 0 Å². The van der Waals surface area contributed by atoms with Crippen LogP contribution in [0.15, 0.2) is 30.3 Å². The van der Waals surface area contributed by atoms with E-state index in [1.165, 1.54) is 6.92 Å². The lowest BCUT2D eigenvalue weighted by molar-refractivity contribution is -0.155. The fraction of sp³-hybridized carbons (Fsp3) is 0.471. The lowest BCUT2D eigenvalue weighted by Crippen LogP contribution is -2.37. The van der Waals surface area contributed by atoms with E-state index in [-0.39, 0.29) is 24.3 Å². The van der Waals surface area contributed by atoms with E-state index in [0.29, 0.717) is 0 Å². The van der Waals surface area contributed by atoms with Crippen LogP contribution in [0.2, 0.25) is 0 Å². The Balaban J connectivity index is 1.91. The van der Waals surface area contributed by atoms with E-state index < -0.39 is 18.1 Å². The Morgan fingerprint density at radius 1 is 1.22 bits per heavy atom. The molecule has 0 aromatic heterocycles. The molecule has 0 unspecified atom stereocenters. The van der Waals surface area contributed by atoms with Crippen molar-refractivity contribution in [1.82, 2.24) is 10.6 Å². The van der Waals surface area contributed by atoms with Gasteiger partial charge in [0.15, 0.2) is 6.10 Å². The van der Waals surface area contributed by atoms with Crippen molar-refractivity contribution in [2.24, 2.45) is 0 Å². The largest absolute Gasteiger partial charge is 0.452 e. The maximum absolute atomic E-state index is 12.1. The number of ether oxygens (including phenoxy) is 1. The standard InChI is InChI=1S/C17H22N2O4/c1-11(17(22)19-14-8-9-14)23-16(21)10-15(18-12(2)20)13-6-4-3-5-7-13/h3-7,11,14-15H,8-10H2,1-2H3,(H,18,20)(H,19,22)/t11-,15+/m0/s1. The number of rotatable bonds is 7. The molecular formula is C17H22N2O4. The minimum absolute atomic E-state index is 0.0232. The Morgan fingerprint density at radius 3 is 2.43 bits per heavy atom. The van der Waals surface area contributed by atoms with Crippen molar-refractivity contribution in [2.75, 3.05) is 0 Å². The van der Waals surface area contributed by atoms with Gasteiger partial charge in [-0.15, -0.1) is 0 Å². The van der Waals surface area contributed by atoms with Crippen LogP contribution in [-0.4, -0.2) is 29.9 Å². The average molecular weight is 318 g/mol. The summed E-state index contributed by atoms with van der Waals surface area (Å²) in [6, 6.07) is 8.94. The van der Waals surface area contributed by atoms with Gasteiger partial charge in [0.05, 0.1) is 12.5 Å². The lowest BCUT2D eigenvalue weighted by Gasteiger charge is -2.19. The van der Waals surface area contributed by atoms with Gasteiger partial charge in [-0.05, 0) is 25.3 Å². The molecule has 1 aliphatic carbocycles. The molecule has 0 aliphatic heterocycles. The van der Waals surface area contributed by atoms with Crippen LogP contribution in [0, 0.1) is 0 Å². The second kappa shape index (κ2) is 7.76. The van der Waals surface area contributed by atoms with Gasteiger partial charge in [-0.3, -0.25) is 14.4 Å². The first-order chi connectivity index (χ1) is 11.0. The zero-order valence-electron chi connectivity index (χ0n) is 13.4. The van der Waals surface area contributed by atoms with Gasteiger partial charge < -0.3 is 15.4 Å². The Kier molecular flexibility index (Phi) is 5.73. The summed E-state index contributed by atoms with van der Waals surface area (Å²) in [5.41, 5.74) is 0.815. The normalized spacial score (nSPS) is 16.1. The Hall–Kier alpha value is -2.37. The van der Waals surface area contributed by atoms with Crippen LogP contribution < -0.4 is 10.6 Å². The molecule has 2 atom stereocenters. The number of carbonyl (C=O) groups excluding carboxylic acids is 3. The molecule has 6 heteroatoms. The number of esters is 1. The third-order valence-corrected chi connectivity index (χ3v) is 3.55. The Bertz CT molecular complexity index is 569. The van der Waals surface area contributed by atoms with Gasteiger partial charge in [-0.25, -0.2) is 0 Å². The summed E-state index contributed by atoms with van der Waals surface area (Å²) in [5, 5.41) is 5.52. The monoisotopic (exact) mass is 318 g/mol. The van der Waals surface area contributed by atoms with Crippen LogP contribution >= 0.6 is 0 Å². The predicted molar refractivity (Wildman–Crippen MR) is 84.3 cm³/mol. The summed E-state index contributed by atoms with van der Waals surface area (Å²) in [6.07, 6.45) is 1.09. The van der Waals surface area contributed by atoms with Crippen LogP contribution in [0.25, 0.3) is 0 Å². The van der Waals surface area contributed by atoms with E-state index in [0.717, 1.165) is 18.4 Å². The summed E-state index contributed by atoms with van der Waals surface area (Å²) in [5.74, 6) is -1.03. The van der Waals surface area contributed by atoms with Crippen molar-refractivity contribution in [3.63, 3.8) is 0 Å². The number of benzene rings is 1. The molecule has 0 heterocycles. The summed E-state index contributed by atoms with van der Waals surface area (Å²) in [4.78, 5) is 35.2. The molecule has 1 aliphatic rings. The molecule has 1 aromatic carbocycles. The minimum Gasteiger partial charge on any atom is -0.452 e. The first kappa shape index (κ1) is 17.0. The number of hydrogen-bond donors (Lipinski definition) is 2. The number of carbonyl (C=O) groups is 3. The smallest absolute Gasteiger partial charge is 0.309 e. The number of nitrogens with one attached hydrogen (secondary N) is 2. The van der Waals surface area contributed by atoms with Gasteiger partial charge in [0.2, 0.25) is 5.91 Å². The predicted octanol–water partition coefficient (Wildman–Crippen LogP) is 1.46. The average Bonchev–Trinajstić information content (AvgIpc) is 3.30. The highest BCUT2D eigenvalue weighted by atomic mass is 16.5. The fourth-order valence-electron chi connectivity index (χ4n) is 2.19. The molecule has 1 aromatic rings. The number of hydrogen-bond acceptors (Lipinski definition) is 4. The number of amides is 2. The van der Waals surface area contributed by atoms with Crippen LogP contribution in [0.5, 0.6) is 0 Å². The summed E-state index contributed by atoms with van der Waals surface area (Å²) < 4.78 is 5.17.